The number of benzene rings is 1. The second kappa shape index (κ2) is 6.60. The highest BCUT2D eigenvalue weighted by molar-refractivity contribution is 8.93. The zero-order valence-corrected chi connectivity index (χ0v) is 10.2. The summed E-state index contributed by atoms with van der Waals surface area (Å²) in [6.07, 6.45) is 0.578. The molecular formula is C11H16BrNO. The van der Waals surface area contributed by atoms with Crippen molar-refractivity contribution in [3.05, 3.63) is 30.3 Å². The minimum atomic E-state index is 0. The van der Waals surface area contributed by atoms with E-state index >= 15 is 0 Å². The Bertz CT molecular complexity index is 272. The molecule has 0 aliphatic carbocycles. The van der Waals surface area contributed by atoms with Crippen molar-refractivity contribution in [2.45, 2.75) is 20.3 Å². The lowest BCUT2D eigenvalue weighted by atomic mass is 10.1. The van der Waals surface area contributed by atoms with Gasteiger partial charge in [0.1, 0.15) is 0 Å². The van der Waals surface area contributed by atoms with Crippen molar-refractivity contribution in [2.75, 3.05) is 5.32 Å². The number of amides is 1. The molecule has 0 fully saturated rings. The van der Waals surface area contributed by atoms with Gasteiger partial charge in [-0.1, -0.05) is 32.0 Å². The third-order valence-electron chi connectivity index (χ3n) is 1.65. The van der Waals surface area contributed by atoms with E-state index in [1.54, 1.807) is 0 Å². The SMILES string of the molecule is Br.CC(C)CC(=O)Nc1ccccc1. The maximum atomic E-state index is 11.3. The van der Waals surface area contributed by atoms with E-state index in [0.29, 0.717) is 12.3 Å². The van der Waals surface area contributed by atoms with Gasteiger partial charge in [0, 0.05) is 12.1 Å². The number of carbonyl (C=O) groups is 1. The van der Waals surface area contributed by atoms with E-state index in [0.717, 1.165) is 5.69 Å². The fourth-order valence-corrected chi connectivity index (χ4v) is 1.10. The Balaban J connectivity index is 0.00000169. The minimum absolute atomic E-state index is 0. The molecule has 3 heteroatoms. The normalized spacial score (nSPS) is 9.36. The lowest BCUT2D eigenvalue weighted by Crippen LogP contribution is -2.13. The number of halogens is 1. The summed E-state index contributed by atoms with van der Waals surface area (Å²) in [7, 11) is 0. The van der Waals surface area contributed by atoms with Crippen LogP contribution in [-0.4, -0.2) is 5.91 Å². The van der Waals surface area contributed by atoms with Crippen molar-refractivity contribution in [1.82, 2.24) is 0 Å². The fraction of sp³-hybridized carbons (Fsp3) is 0.364. The molecule has 0 bridgehead atoms. The first kappa shape index (κ1) is 13.2. The Hall–Kier alpha value is -0.830. The van der Waals surface area contributed by atoms with Gasteiger partial charge in [-0.2, -0.15) is 0 Å². The molecule has 0 heterocycles. The summed E-state index contributed by atoms with van der Waals surface area (Å²) in [5.41, 5.74) is 0.869. The molecule has 0 saturated carbocycles. The summed E-state index contributed by atoms with van der Waals surface area (Å²) in [6.45, 7) is 4.06. The highest BCUT2D eigenvalue weighted by Gasteiger charge is 2.03. The van der Waals surface area contributed by atoms with Crippen LogP contribution in [0.4, 0.5) is 5.69 Å². The first-order valence-electron chi connectivity index (χ1n) is 4.53. The van der Waals surface area contributed by atoms with Crippen molar-refractivity contribution < 1.29 is 4.79 Å². The second-order valence-corrected chi connectivity index (χ2v) is 3.51. The molecule has 0 atom stereocenters. The van der Waals surface area contributed by atoms with Crippen molar-refractivity contribution in [2.24, 2.45) is 5.92 Å². The van der Waals surface area contributed by atoms with Crippen LogP contribution < -0.4 is 5.32 Å². The number of rotatable bonds is 3. The van der Waals surface area contributed by atoms with Gasteiger partial charge in [0.15, 0.2) is 0 Å². The van der Waals surface area contributed by atoms with E-state index in [1.807, 2.05) is 44.2 Å². The number of anilines is 1. The molecule has 1 amide bonds. The van der Waals surface area contributed by atoms with E-state index < -0.39 is 0 Å². The molecule has 1 rings (SSSR count). The molecule has 0 spiro atoms. The van der Waals surface area contributed by atoms with Gasteiger partial charge in [0.25, 0.3) is 0 Å². The summed E-state index contributed by atoms with van der Waals surface area (Å²) in [6, 6.07) is 9.52. The Kier molecular flexibility index (Phi) is 6.21. The molecule has 0 saturated heterocycles. The van der Waals surface area contributed by atoms with Crippen molar-refractivity contribution in [3.63, 3.8) is 0 Å². The van der Waals surface area contributed by atoms with Crippen molar-refractivity contribution in [1.29, 1.82) is 0 Å². The second-order valence-electron chi connectivity index (χ2n) is 3.51. The molecule has 78 valence electrons. The zero-order chi connectivity index (χ0) is 9.68. The van der Waals surface area contributed by atoms with E-state index in [1.165, 1.54) is 0 Å². The van der Waals surface area contributed by atoms with E-state index in [2.05, 4.69) is 5.32 Å². The van der Waals surface area contributed by atoms with Gasteiger partial charge in [0.2, 0.25) is 5.91 Å². The third-order valence-corrected chi connectivity index (χ3v) is 1.65. The van der Waals surface area contributed by atoms with Gasteiger partial charge in [-0.05, 0) is 18.1 Å². The van der Waals surface area contributed by atoms with E-state index in [-0.39, 0.29) is 22.9 Å². The molecule has 1 aromatic rings. The van der Waals surface area contributed by atoms with Crippen LogP contribution in [0.3, 0.4) is 0 Å². The van der Waals surface area contributed by atoms with Crippen molar-refractivity contribution in [3.8, 4) is 0 Å². The lowest BCUT2D eigenvalue weighted by Gasteiger charge is -2.06. The van der Waals surface area contributed by atoms with Crippen LogP contribution in [0.25, 0.3) is 0 Å². The highest BCUT2D eigenvalue weighted by Crippen LogP contribution is 2.07. The average molecular weight is 258 g/mol. The van der Waals surface area contributed by atoms with E-state index in [4.69, 9.17) is 0 Å². The maximum Gasteiger partial charge on any atom is 0.224 e. The van der Waals surface area contributed by atoms with Gasteiger partial charge in [0.05, 0.1) is 0 Å². The molecule has 1 N–H and O–H groups in total. The molecule has 1 aromatic carbocycles. The molecule has 0 radical (unpaired) electrons. The predicted octanol–water partition coefficient (Wildman–Crippen LogP) is 3.25. The number of nitrogens with one attached hydrogen (secondary N) is 1. The number of para-hydroxylation sites is 1. The van der Waals surface area contributed by atoms with Crippen molar-refractivity contribution >= 4 is 28.6 Å². The first-order chi connectivity index (χ1) is 6.18. The summed E-state index contributed by atoms with van der Waals surface area (Å²) in [4.78, 5) is 11.3. The van der Waals surface area contributed by atoms with Gasteiger partial charge in [-0.25, -0.2) is 0 Å². The van der Waals surface area contributed by atoms with Crippen LogP contribution in [0, 0.1) is 5.92 Å². The minimum Gasteiger partial charge on any atom is -0.326 e. The molecule has 0 unspecified atom stereocenters. The van der Waals surface area contributed by atoms with Gasteiger partial charge < -0.3 is 5.32 Å². The van der Waals surface area contributed by atoms with E-state index in [9.17, 15) is 4.79 Å². The van der Waals surface area contributed by atoms with Crippen LogP contribution in [0.2, 0.25) is 0 Å². The number of hydrogen-bond donors (Lipinski definition) is 1. The monoisotopic (exact) mass is 257 g/mol. The maximum absolute atomic E-state index is 11.3. The highest BCUT2D eigenvalue weighted by atomic mass is 79.9. The molecule has 0 aliphatic heterocycles. The summed E-state index contributed by atoms with van der Waals surface area (Å²) in [5.74, 6) is 0.491. The van der Waals surface area contributed by atoms with Crippen LogP contribution in [0.1, 0.15) is 20.3 Å². The van der Waals surface area contributed by atoms with Gasteiger partial charge in [-0.15, -0.1) is 17.0 Å². The first-order valence-corrected chi connectivity index (χ1v) is 4.53. The molecule has 0 aromatic heterocycles. The quantitative estimate of drug-likeness (QED) is 0.885. The third kappa shape index (κ3) is 5.02. The average Bonchev–Trinajstić information content (AvgIpc) is 2.04. The van der Waals surface area contributed by atoms with Crippen LogP contribution in [0.5, 0.6) is 0 Å². The lowest BCUT2D eigenvalue weighted by molar-refractivity contribution is -0.116. The molecule has 0 aliphatic rings. The van der Waals surface area contributed by atoms with Crippen LogP contribution in [0.15, 0.2) is 30.3 Å². The topological polar surface area (TPSA) is 29.1 Å². The molecule has 2 nitrogen and oxygen atoms in total. The fourth-order valence-electron chi connectivity index (χ4n) is 1.10. The van der Waals surface area contributed by atoms with Gasteiger partial charge in [-0.3, -0.25) is 4.79 Å². The number of hydrogen-bond acceptors (Lipinski definition) is 1. The smallest absolute Gasteiger partial charge is 0.224 e. The number of carbonyl (C=O) groups excluding carboxylic acids is 1. The van der Waals surface area contributed by atoms with Gasteiger partial charge >= 0.3 is 0 Å². The Morgan fingerprint density at radius 2 is 1.86 bits per heavy atom. The Morgan fingerprint density at radius 1 is 1.29 bits per heavy atom. The van der Waals surface area contributed by atoms with Crippen LogP contribution in [-0.2, 0) is 4.79 Å². The summed E-state index contributed by atoms with van der Waals surface area (Å²) in [5, 5.41) is 2.83. The summed E-state index contributed by atoms with van der Waals surface area (Å²) < 4.78 is 0. The standard InChI is InChI=1S/C11H15NO.BrH/c1-9(2)8-11(13)12-10-6-4-3-5-7-10;/h3-7,9H,8H2,1-2H3,(H,12,13);1H. The molecular weight excluding hydrogens is 242 g/mol. The Morgan fingerprint density at radius 3 is 2.36 bits per heavy atom. The predicted molar refractivity (Wildman–Crippen MR) is 64.8 cm³/mol. The molecule has 14 heavy (non-hydrogen) atoms. The van der Waals surface area contributed by atoms with Crippen LogP contribution >= 0.6 is 17.0 Å². The largest absolute Gasteiger partial charge is 0.326 e. The Labute approximate surface area is 95.5 Å². The zero-order valence-electron chi connectivity index (χ0n) is 8.49. The summed E-state index contributed by atoms with van der Waals surface area (Å²) >= 11 is 0.